The SMILES string of the molecule is Cc1cc(OCC2CCCCO2)nc(N)n1. The molecule has 1 fully saturated rings. The molecule has 2 rings (SSSR count). The number of anilines is 1. The number of ether oxygens (including phenoxy) is 2. The first-order valence-electron chi connectivity index (χ1n) is 5.59. The number of nitrogens with two attached hydrogens (primary N) is 1. The van der Waals surface area contributed by atoms with Gasteiger partial charge in [0.05, 0.1) is 6.10 Å². The maximum absolute atomic E-state index is 5.56. The molecule has 1 unspecified atom stereocenters. The van der Waals surface area contributed by atoms with E-state index in [9.17, 15) is 0 Å². The molecule has 0 aliphatic carbocycles. The van der Waals surface area contributed by atoms with Crippen molar-refractivity contribution in [3.05, 3.63) is 11.8 Å². The summed E-state index contributed by atoms with van der Waals surface area (Å²) in [5, 5.41) is 0. The molecule has 16 heavy (non-hydrogen) atoms. The standard InChI is InChI=1S/C11H17N3O2/c1-8-6-10(14-11(12)13-8)16-7-9-4-2-3-5-15-9/h6,9H,2-5,7H2,1H3,(H2,12,13,14). The van der Waals surface area contributed by atoms with Gasteiger partial charge in [0.25, 0.3) is 0 Å². The third-order valence-electron chi connectivity index (χ3n) is 2.54. The molecule has 0 aromatic carbocycles. The zero-order valence-electron chi connectivity index (χ0n) is 9.48. The average Bonchev–Trinajstić information content (AvgIpc) is 2.27. The molecule has 1 aromatic heterocycles. The summed E-state index contributed by atoms with van der Waals surface area (Å²) in [6, 6.07) is 1.78. The van der Waals surface area contributed by atoms with E-state index in [1.54, 1.807) is 6.07 Å². The van der Waals surface area contributed by atoms with Gasteiger partial charge in [-0.05, 0) is 26.2 Å². The third kappa shape index (κ3) is 3.06. The van der Waals surface area contributed by atoms with Gasteiger partial charge in [0.15, 0.2) is 0 Å². The van der Waals surface area contributed by atoms with Crippen LogP contribution < -0.4 is 10.5 Å². The zero-order chi connectivity index (χ0) is 11.4. The third-order valence-corrected chi connectivity index (χ3v) is 2.54. The predicted molar refractivity (Wildman–Crippen MR) is 60.3 cm³/mol. The second-order valence-electron chi connectivity index (χ2n) is 4.01. The van der Waals surface area contributed by atoms with Crippen LogP contribution in [0.15, 0.2) is 6.07 Å². The Bertz CT molecular complexity index is 331. The highest BCUT2D eigenvalue weighted by Gasteiger charge is 2.14. The van der Waals surface area contributed by atoms with Crippen LogP contribution in [-0.4, -0.2) is 29.3 Å². The van der Waals surface area contributed by atoms with Crippen molar-refractivity contribution in [2.75, 3.05) is 18.9 Å². The summed E-state index contributed by atoms with van der Waals surface area (Å²) in [6.07, 6.45) is 3.60. The monoisotopic (exact) mass is 223 g/mol. The second-order valence-corrected chi connectivity index (χ2v) is 4.01. The summed E-state index contributed by atoms with van der Waals surface area (Å²) in [7, 11) is 0. The Morgan fingerprint density at radius 1 is 1.50 bits per heavy atom. The van der Waals surface area contributed by atoms with Crippen molar-refractivity contribution in [1.82, 2.24) is 9.97 Å². The summed E-state index contributed by atoms with van der Waals surface area (Å²) in [5.41, 5.74) is 6.35. The van der Waals surface area contributed by atoms with Gasteiger partial charge in [-0.3, -0.25) is 0 Å². The number of aryl methyl sites for hydroxylation is 1. The molecule has 0 amide bonds. The Morgan fingerprint density at radius 3 is 3.06 bits per heavy atom. The molecule has 5 heteroatoms. The molecule has 1 aliphatic heterocycles. The molecule has 0 saturated carbocycles. The van der Waals surface area contributed by atoms with Crippen molar-refractivity contribution in [3.63, 3.8) is 0 Å². The summed E-state index contributed by atoms with van der Waals surface area (Å²) in [6.45, 7) is 3.23. The van der Waals surface area contributed by atoms with Gasteiger partial charge in [-0.1, -0.05) is 0 Å². The maximum atomic E-state index is 5.56. The fourth-order valence-electron chi connectivity index (χ4n) is 1.75. The topological polar surface area (TPSA) is 70.3 Å². The quantitative estimate of drug-likeness (QED) is 0.836. The van der Waals surface area contributed by atoms with E-state index in [1.807, 2.05) is 6.92 Å². The van der Waals surface area contributed by atoms with E-state index in [4.69, 9.17) is 15.2 Å². The van der Waals surface area contributed by atoms with Crippen LogP contribution in [0, 0.1) is 6.92 Å². The van der Waals surface area contributed by atoms with Gasteiger partial charge in [-0.15, -0.1) is 0 Å². The van der Waals surface area contributed by atoms with Crippen LogP contribution in [0.5, 0.6) is 5.88 Å². The molecule has 2 heterocycles. The Balaban J connectivity index is 1.88. The molecular formula is C11H17N3O2. The minimum atomic E-state index is 0.185. The lowest BCUT2D eigenvalue weighted by atomic mass is 10.1. The highest BCUT2D eigenvalue weighted by molar-refractivity contribution is 5.25. The lowest BCUT2D eigenvalue weighted by molar-refractivity contribution is -0.0119. The van der Waals surface area contributed by atoms with Gasteiger partial charge in [-0.25, -0.2) is 4.98 Å². The Morgan fingerprint density at radius 2 is 2.38 bits per heavy atom. The minimum absolute atomic E-state index is 0.185. The van der Waals surface area contributed by atoms with E-state index < -0.39 is 0 Å². The summed E-state index contributed by atoms with van der Waals surface area (Å²) < 4.78 is 11.1. The zero-order valence-corrected chi connectivity index (χ0v) is 9.48. The molecule has 1 saturated heterocycles. The van der Waals surface area contributed by atoms with Gasteiger partial charge >= 0.3 is 0 Å². The smallest absolute Gasteiger partial charge is 0.223 e. The van der Waals surface area contributed by atoms with Gasteiger partial charge in [0, 0.05) is 18.4 Å². The van der Waals surface area contributed by atoms with E-state index in [2.05, 4.69) is 9.97 Å². The average molecular weight is 223 g/mol. The summed E-state index contributed by atoms with van der Waals surface area (Å²) in [4.78, 5) is 7.99. The molecule has 1 atom stereocenters. The van der Waals surface area contributed by atoms with Crippen LogP contribution in [0.2, 0.25) is 0 Å². The normalized spacial score (nSPS) is 20.7. The summed E-state index contributed by atoms with van der Waals surface area (Å²) in [5.74, 6) is 0.777. The summed E-state index contributed by atoms with van der Waals surface area (Å²) >= 11 is 0. The van der Waals surface area contributed by atoms with Gasteiger partial charge in [0.2, 0.25) is 11.8 Å². The lowest BCUT2D eigenvalue weighted by Gasteiger charge is -2.22. The van der Waals surface area contributed by atoms with E-state index in [-0.39, 0.29) is 12.1 Å². The largest absolute Gasteiger partial charge is 0.475 e. The van der Waals surface area contributed by atoms with Crippen molar-refractivity contribution < 1.29 is 9.47 Å². The number of rotatable bonds is 3. The molecule has 1 aliphatic rings. The predicted octanol–water partition coefficient (Wildman–Crippen LogP) is 1.32. The molecule has 5 nitrogen and oxygen atoms in total. The first-order chi connectivity index (χ1) is 7.74. The van der Waals surface area contributed by atoms with Crippen molar-refractivity contribution in [1.29, 1.82) is 0 Å². The maximum Gasteiger partial charge on any atom is 0.223 e. The van der Waals surface area contributed by atoms with Crippen LogP contribution in [0.3, 0.4) is 0 Å². The second kappa shape index (κ2) is 5.12. The number of nitrogens with zero attached hydrogens (tertiary/aromatic N) is 2. The van der Waals surface area contributed by atoms with Gasteiger partial charge in [0.1, 0.15) is 6.61 Å². The Hall–Kier alpha value is -1.36. The number of aromatic nitrogens is 2. The fourth-order valence-corrected chi connectivity index (χ4v) is 1.75. The molecule has 0 radical (unpaired) electrons. The Labute approximate surface area is 95.0 Å². The number of hydrogen-bond acceptors (Lipinski definition) is 5. The Kier molecular flexibility index (Phi) is 3.56. The van der Waals surface area contributed by atoms with Crippen LogP contribution in [-0.2, 0) is 4.74 Å². The molecule has 1 aromatic rings. The van der Waals surface area contributed by atoms with Crippen LogP contribution in [0.25, 0.3) is 0 Å². The minimum Gasteiger partial charge on any atom is -0.475 e. The van der Waals surface area contributed by atoms with Crippen LogP contribution in [0.4, 0.5) is 5.95 Å². The molecule has 2 N–H and O–H groups in total. The van der Waals surface area contributed by atoms with Gasteiger partial charge < -0.3 is 15.2 Å². The van der Waals surface area contributed by atoms with Gasteiger partial charge in [-0.2, -0.15) is 4.98 Å². The number of hydrogen-bond donors (Lipinski definition) is 1. The molecule has 0 bridgehead atoms. The van der Waals surface area contributed by atoms with E-state index in [0.29, 0.717) is 12.5 Å². The van der Waals surface area contributed by atoms with E-state index >= 15 is 0 Å². The van der Waals surface area contributed by atoms with E-state index in [1.165, 1.54) is 6.42 Å². The van der Waals surface area contributed by atoms with Crippen LogP contribution in [0.1, 0.15) is 25.0 Å². The fraction of sp³-hybridized carbons (Fsp3) is 0.636. The first kappa shape index (κ1) is 11.1. The highest BCUT2D eigenvalue weighted by Crippen LogP contribution is 2.15. The highest BCUT2D eigenvalue weighted by atomic mass is 16.5. The van der Waals surface area contributed by atoms with Crippen molar-refractivity contribution >= 4 is 5.95 Å². The number of nitrogen functional groups attached to an aromatic ring is 1. The lowest BCUT2D eigenvalue weighted by Crippen LogP contribution is -2.26. The van der Waals surface area contributed by atoms with Crippen molar-refractivity contribution in [2.45, 2.75) is 32.3 Å². The van der Waals surface area contributed by atoms with Crippen LogP contribution >= 0.6 is 0 Å². The van der Waals surface area contributed by atoms with Crippen molar-refractivity contribution in [2.24, 2.45) is 0 Å². The molecular weight excluding hydrogens is 206 g/mol. The molecule has 88 valence electrons. The van der Waals surface area contributed by atoms with E-state index in [0.717, 1.165) is 25.1 Å². The van der Waals surface area contributed by atoms with Crippen molar-refractivity contribution in [3.8, 4) is 5.88 Å². The first-order valence-corrected chi connectivity index (χ1v) is 5.59. The molecule has 0 spiro atoms.